The van der Waals surface area contributed by atoms with Crippen LogP contribution in [0.3, 0.4) is 0 Å². The van der Waals surface area contributed by atoms with E-state index in [0.717, 1.165) is 32.1 Å². The second-order valence-electron chi connectivity index (χ2n) is 5.71. The van der Waals surface area contributed by atoms with Crippen molar-refractivity contribution < 1.29 is 4.74 Å². The lowest BCUT2D eigenvalue weighted by molar-refractivity contribution is 0.0683. The van der Waals surface area contributed by atoms with Gasteiger partial charge in [-0.05, 0) is 55.3 Å². The van der Waals surface area contributed by atoms with Gasteiger partial charge in [0.05, 0.1) is 0 Å². The van der Waals surface area contributed by atoms with Gasteiger partial charge >= 0.3 is 0 Å². The molecule has 2 aliphatic heterocycles. The molecule has 0 bridgehead atoms. The minimum atomic E-state index is 0.746. The van der Waals surface area contributed by atoms with E-state index in [1.807, 2.05) is 0 Å². The highest BCUT2D eigenvalue weighted by Gasteiger charge is 2.24. The molecule has 3 rings (SSSR count). The Morgan fingerprint density at radius 3 is 2.89 bits per heavy atom. The number of rotatable bonds is 4. The summed E-state index contributed by atoms with van der Waals surface area (Å²) in [4.78, 5) is 2.57. The van der Waals surface area contributed by atoms with E-state index < -0.39 is 0 Å². The largest absolute Gasteiger partial charge is 0.381 e. The predicted molar refractivity (Wildman–Crippen MR) is 78.7 cm³/mol. The van der Waals surface area contributed by atoms with Gasteiger partial charge in [0.1, 0.15) is 0 Å². The van der Waals surface area contributed by atoms with Crippen LogP contribution in [0.2, 0.25) is 0 Å². The third-order valence-corrected chi connectivity index (χ3v) is 4.45. The van der Waals surface area contributed by atoms with Crippen LogP contribution in [0.25, 0.3) is 0 Å². The molecule has 19 heavy (non-hydrogen) atoms. The number of ether oxygens (including phenoxy) is 1. The number of benzene rings is 1. The Balaban J connectivity index is 1.72. The fraction of sp³-hybridized carbons (Fsp3) is 0.625. The van der Waals surface area contributed by atoms with Crippen molar-refractivity contribution in [3.05, 3.63) is 29.3 Å². The van der Waals surface area contributed by atoms with Crippen molar-refractivity contribution in [2.45, 2.75) is 25.7 Å². The van der Waals surface area contributed by atoms with Crippen LogP contribution < -0.4 is 10.6 Å². The minimum absolute atomic E-state index is 0.746. The van der Waals surface area contributed by atoms with Gasteiger partial charge in [0.2, 0.25) is 0 Å². The second-order valence-corrected chi connectivity index (χ2v) is 5.71. The Morgan fingerprint density at radius 2 is 2.11 bits per heavy atom. The maximum atomic E-state index is 5.71. The van der Waals surface area contributed by atoms with Gasteiger partial charge in [0.25, 0.3) is 0 Å². The first-order valence-electron chi connectivity index (χ1n) is 7.52. The summed E-state index contributed by atoms with van der Waals surface area (Å²) < 4.78 is 5.45. The zero-order valence-electron chi connectivity index (χ0n) is 11.6. The molecule has 0 saturated carbocycles. The summed E-state index contributed by atoms with van der Waals surface area (Å²) in [5.74, 6) is 0.804. The van der Waals surface area contributed by atoms with Gasteiger partial charge in [0, 0.05) is 32.0 Å². The lowest BCUT2D eigenvalue weighted by atomic mass is 9.99. The summed E-state index contributed by atoms with van der Waals surface area (Å²) in [6.07, 6.45) is 4.63. The molecule has 0 atom stereocenters. The van der Waals surface area contributed by atoms with Crippen molar-refractivity contribution in [1.29, 1.82) is 0 Å². The van der Waals surface area contributed by atoms with Gasteiger partial charge in [-0.3, -0.25) is 0 Å². The maximum absolute atomic E-state index is 5.71. The highest BCUT2D eigenvalue weighted by atomic mass is 16.5. The molecule has 0 aliphatic carbocycles. The number of anilines is 1. The van der Waals surface area contributed by atoms with Crippen LogP contribution in [0, 0.1) is 5.92 Å². The van der Waals surface area contributed by atoms with E-state index in [0.29, 0.717) is 0 Å². The highest BCUT2D eigenvalue weighted by molar-refractivity contribution is 5.61. The first-order chi connectivity index (χ1) is 9.38. The van der Waals surface area contributed by atoms with Gasteiger partial charge in [-0.15, -0.1) is 0 Å². The molecule has 104 valence electrons. The molecule has 2 heterocycles. The molecule has 3 nitrogen and oxygen atoms in total. The van der Waals surface area contributed by atoms with Crippen molar-refractivity contribution >= 4 is 5.69 Å². The average Bonchev–Trinajstić information content (AvgIpc) is 2.85. The summed E-state index contributed by atoms with van der Waals surface area (Å²) in [6, 6.07) is 6.71. The zero-order valence-corrected chi connectivity index (χ0v) is 11.6. The van der Waals surface area contributed by atoms with Crippen LogP contribution in [0.5, 0.6) is 0 Å². The Kier molecular flexibility index (Phi) is 4.04. The first-order valence-corrected chi connectivity index (χ1v) is 7.52. The Morgan fingerprint density at radius 1 is 1.26 bits per heavy atom. The Labute approximate surface area is 115 Å². The SMILES string of the molecule is NCCc1cccc2c1CCN2CC1CCOCC1. The normalized spacial score (nSPS) is 19.7. The van der Waals surface area contributed by atoms with Crippen LogP contribution >= 0.6 is 0 Å². The minimum Gasteiger partial charge on any atom is -0.381 e. The van der Waals surface area contributed by atoms with Crippen molar-refractivity contribution in [3.8, 4) is 0 Å². The fourth-order valence-electron chi connectivity index (χ4n) is 3.39. The first kappa shape index (κ1) is 12.9. The van der Waals surface area contributed by atoms with Crippen LogP contribution in [0.15, 0.2) is 18.2 Å². The van der Waals surface area contributed by atoms with Gasteiger partial charge in [-0.2, -0.15) is 0 Å². The summed E-state index contributed by atoms with van der Waals surface area (Å²) in [5, 5.41) is 0. The molecule has 1 aromatic rings. The predicted octanol–water partition coefficient (Wildman–Crippen LogP) is 1.98. The van der Waals surface area contributed by atoms with Crippen LogP contribution in [0.1, 0.15) is 24.0 Å². The third kappa shape index (κ3) is 2.77. The van der Waals surface area contributed by atoms with Gasteiger partial charge in [0.15, 0.2) is 0 Å². The number of nitrogens with zero attached hydrogens (tertiary/aromatic N) is 1. The molecular weight excluding hydrogens is 236 g/mol. The Bertz CT molecular complexity index is 427. The number of hydrogen-bond donors (Lipinski definition) is 1. The molecule has 1 fully saturated rings. The van der Waals surface area contributed by atoms with E-state index >= 15 is 0 Å². The third-order valence-electron chi connectivity index (χ3n) is 4.45. The van der Waals surface area contributed by atoms with E-state index in [2.05, 4.69) is 23.1 Å². The van der Waals surface area contributed by atoms with Crippen LogP contribution in [0.4, 0.5) is 5.69 Å². The summed E-state index contributed by atoms with van der Waals surface area (Å²) in [7, 11) is 0. The summed E-state index contributed by atoms with van der Waals surface area (Å²) >= 11 is 0. The maximum Gasteiger partial charge on any atom is 0.0469 e. The molecule has 0 unspecified atom stereocenters. The number of fused-ring (bicyclic) bond motifs is 1. The number of hydrogen-bond acceptors (Lipinski definition) is 3. The lowest BCUT2D eigenvalue weighted by Crippen LogP contribution is -2.31. The highest BCUT2D eigenvalue weighted by Crippen LogP contribution is 2.32. The Hall–Kier alpha value is -1.06. The van der Waals surface area contributed by atoms with Gasteiger partial charge < -0.3 is 15.4 Å². The summed E-state index contributed by atoms with van der Waals surface area (Å²) in [6.45, 7) is 5.00. The van der Waals surface area contributed by atoms with E-state index in [-0.39, 0.29) is 0 Å². The molecule has 0 aromatic heterocycles. The topological polar surface area (TPSA) is 38.5 Å². The van der Waals surface area contributed by atoms with E-state index in [9.17, 15) is 0 Å². The molecule has 0 amide bonds. The molecule has 1 aromatic carbocycles. The van der Waals surface area contributed by atoms with Gasteiger partial charge in [-0.1, -0.05) is 12.1 Å². The van der Waals surface area contributed by atoms with Crippen molar-refractivity contribution in [2.24, 2.45) is 11.7 Å². The van der Waals surface area contributed by atoms with E-state index in [1.165, 1.54) is 43.6 Å². The van der Waals surface area contributed by atoms with Crippen molar-refractivity contribution in [1.82, 2.24) is 0 Å². The monoisotopic (exact) mass is 260 g/mol. The average molecular weight is 260 g/mol. The smallest absolute Gasteiger partial charge is 0.0469 e. The molecule has 1 saturated heterocycles. The van der Waals surface area contributed by atoms with Crippen LogP contribution in [-0.4, -0.2) is 32.8 Å². The second kappa shape index (κ2) is 5.93. The standard InChI is InChI=1S/C16H24N2O/c17-8-4-14-2-1-3-16-15(14)5-9-18(16)12-13-6-10-19-11-7-13/h1-3,13H,4-12,17H2. The van der Waals surface area contributed by atoms with E-state index in [1.54, 1.807) is 5.56 Å². The van der Waals surface area contributed by atoms with Crippen LogP contribution in [-0.2, 0) is 17.6 Å². The quantitative estimate of drug-likeness (QED) is 0.899. The molecular formula is C16H24N2O. The number of nitrogens with two attached hydrogens (primary N) is 1. The van der Waals surface area contributed by atoms with Gasteiger partial charge in [-0.25, -0.2) is 0 Å². The molecule has 3 heteroatoms. The zero-order chi connectivity index (χ0) is 13.1. The van der Waals surface area contributed by atoms with Crippen molar-refractivity contribution in [3.63, 3.8) is 0 Å². The fourth-order valence-corrected chi connectivity index (χ4v) is 3.39. The van der Waals surface area contributed by atoms with Crippen molar-refractivity contribution in [2.75, 3.05) is 37.7 Å². The molecule has 2 N–H and O–H groups in total. The molecule has 0 spiro atoms. The lowest BCUT2D eigenvalue weighted by Gasteiger charge is -2.28. The molecule has 0 radical (unpaired) electrons. The molecule has 2 aliphatic rings. The van der Waals surface area contributed by atoms with E-state index in [4.69, 9.17) is 10.5 Å². The summed E-state index contributed by atoms with van der Waals surface area (Å²) in [5.41, 5.74) is 10.2.